The number of methoxy groups -OCH3 is 1. The number of carbonyl (C=O) groups excluding carboxylic acids is 1. The first-order valence-corrected chi connectivity index (χ1v) is 11.8. The predicted molar refractivity (Wildman–Crippen MR) is 138 cm³/mol. The molecule has 0 spiro atoms. The summed E-state index contributed by atoms with van der Waals surface area (Å²) in [4.78, 5) is 19.6. The molecule has 0 aliphatic heterocycles. The van der Waals surface area contributed by atoms with Crippen LogP contribution in [0.4, 0.5) is 0 Å². The van der Waals surface area contributed by atoms with E-state index in [1.54, 1.807) is 42.5 Å². The Labute approximate surface area is 210 Å². The Kier molecular flexibility index (Phi) is 8.36. The molecule has 4 aromatic rings. The van der Waals surface area contributed by atoms with Crippen LogP contribution in [0.3, 0.4) is 0 Å². The summed E-state index contributed by atoms with van der Waals surface area (Å²) in [6.45, 7) is 1.37. The Bertz CT molecular complexity index is 1250. The maximum Gasteiger partial charge on any atom is 0.254 e. The number of carbonyl (C=O) groups is 1. The van der Waals surface area contributed by atoms with Crippen LogP contribution >= 0.6 is 11.6 Å². The molecule has 0 aliphatic carbocycles. The Morgan fingerprint density at radius 2 is 1.71 bits per heavy atom. The predicted octanol–water partition coefficient (Wildman–Crippen LogP) is 6.21. The standard InChI is InChI=1S/C29H27ClN2O3/c1-34-28-18-23(13-14-27(28)35-21-22-8-3-2-4-9-22)20-32(17-15-26-12-5-6-16-31-26)29(33)24-10-7-11-25(30)19-24/h2-14,16,18-19H,15,17,20-21H2,1H3. The summed E-state index contributed by atoms with van der Waals surface area (Å²) in [5.74, 6) is 1.19. The van der Waals surface area contributed by atoms with E-state index in [9.17, 15) is 4.79 Å². The fourth-order valence-electron chi connectivity index (χ4n) is 3.74. The molecular weight excluding hydrogens is 460 g/mol. The zero-order chi connectivity index (χ0) is 24.5. The molecule has 0 aliphatic rings. The molecule has 0 saturated carbocycles. The van der Waals surface area contributed by atoms with Gasteiger partial charge < -0.3 is 14.4 Å². The molecule has 0 saturated heterocycles. The van der Waals surface area contributed by atoms with E-state index in [-0.39, 0.29) is 5.91 Å². The SMILES string of the molecule is COc1cc(CN(CCc2ccccn2)C(=O)c2cccc(Cl)c2)ccc1OCc1ccccc1. The number of aromatic nitrogens is 1. The Morgan fingerprint density at radius 1 is 0.886 bits per heavy atom. The number of hydrogen-bond acceptors (Lipinski definition) is 4. The van der Waals surface area contributed by atoms with Gasteiger partial charge in [-0.15, -0.1) is 0 Å². The van der Waals surface area contributed by atoms with Crippen molar-refractivity contribution in [2.45, 2.75) is 19.6 Å². The fourth-order valence-corrected chi connectivity index (χ4v) is 3.93. The third-order valence-electron chi connectivity index (χ3n) is 5.56. The van der Waals surface area contributed by atoms with Gasteiger partial charge in [-0.1, -0.05) is 60.1 Å². The summed E-state index contributed by atoms with van der Waals surface area (Å²) in [6, 6.07) is 28.5. The molecule has 35 heavy (non-hydrogen) atoms. The second-order valence-corrected chi connectivity index (χ2v) is 8.50. The van der Waals surface area contributed by atoms with Crippen LogP contribution in [0, 0.1) is 0 Å². The first kappa shape index (κ1) is 24.3. The van der Waals surface area contributed by atoms with E-state index < -0.39 is 0 Å². The van der Waals surface area contributed by atoms with Crippen molar-refractivity contribution in [3.63, 3.8) is 0 Å². The molecule has 178 valence electrons. The van der Waals surface area contributed by atoms with E-state index >= 15 is 0 Å². The second kappa shape index (κ2) is 12.0. The first-order valence-electron chi connectivity index (χ1n) is 11.4. The molecule has 1 heterocycles. The minimum absolute atomic E-state index is 0.0909. The zero-order valence-corrected chi connectivity index (χ0v) is 20.3. The summed E-state index contributed by atoms with van der Waals surface area (Å²) < 4.78 is 11.6. The highest BCUT2D eigenvalue weighted by Gasteiger charge is 2.18. The van der Waals surface area contributed by atoms with Gasteiger partial charge in [-0.25, -0.2) is 0 Å². The van der Waals surface area contributed by atoms with Crippen LogP contribution in [0.15, 0.2) is 97.2 Å². The van der Waals surface area contributed by atoms with E-state index in [1.807, 2.05) is 66.7 Å². The number of benzene rings is 3. The third kappa shape index (κ3) is 6.84. The lowest BCUT2D eigenvalue weighted by Crippen LogP contribution is -2.32. The largest absolute Gasteiger partial charge is 0.493 e. The van der Waals surface area contributed by atoms with Gasteiger partial charge in [0.25, 0.3) is 5.91 Å². The van der Waals surface area contributed by atoms with Gasteiger partial charge in [-0.05, 0) is 53.6 Å². The van der Waals surface area contributed by atoms with E-state index in [2.05, 4.69) is 4.98 Å². The lowest BCUT2D eigenvalue weighted by molar-refractivity contribution is 0.0744. The van der Waals surface area contributed by atoms with Crippen LogP contribution in [-0.4, -0.2) is 29.4 Å². The number of pyridine rings is 1. The number of rotatable bonds is 10. The van der Waals surface area contributed by atoms with Gasteiger partial charge in [0, 0.05) is 42.0 Å². The van der Waals surface area contributed by atoms with Crippen molar-refractivity contribution in [1.82, 2.24) is 9.88 Å². The topological polar surface area (TPSA) is 51.7 Å². The van der Waals surface area contributed by atoms with Gasteiger partial charge in [0.05, 0.1) is 7.11 Å². The lowest BCUT2D eigenvalue weighted by Gasteiger charge is -2.24. The molecule has 0 atom stereocenters. The normalized spacial score (nSPS) is 10.6. The van der Waals surface area contributed by atoms with Crippen LogP contribution < -0.4 is 9.47 Å². The Hall–Kier alpha value is -3.83. The van der Waals surface area contributed by atoms with Crippen molar-refractivity contribution in [3.8, 4) is 11.5 Å². The summed E-state index contributed by atoms with van der Waals surface area (Å²) in [5, 5.41) is 0.530. The van der Waals surface area contributed by atoms with Crippen LogP contribution in [-0.2, 0) is 19.6 Å². The summed E-state index contributed by atoms with van der Waals surface area (Å²) in [5.41, 5.74) is 3.49. The molecule has 0 unspecified atom stereocenters. The average Bonchev–Trinajstić information content (AvgIpc) is 2.91. The zero-order valence-electron chi connectivity index (χ0n) is 19.6. The van der Waals surface area contributed by atoms with Crippen molar-refractivity contribution in [1.29, 1.82) is 0 Å². The highest BCUT2D eigenvalue weighted by atomic mass is 35.5. The van der Waals surface area contributed by atoms with Gasteiger partial charge in [-0.3, -0.25) is 9.78 Å². The maximum atomic E-state index is 13.4. The fraction of sp³-hybridized carbons (Fsp3) is 0.172. The molecule has 3 aromatic carbocycles. The minimum atomic E-state index is -0.0909. The number of hydrogen-bond donors (Lipinski definition) is 0. The molecule has 1 amide bonds. The molecule has 0 radical (unpaired) electrons. The smallest absolute Gasteiger partial charge is 0.254 e. The van der Waals surface area contributed by atoms with Crippen LogP contribution in [0.2, 0.25) is 5.02 Å². The van der Waals surface area contributed by atoms with Gasteiger partial charge >= 0.3 is 0 Å². The summed E-state index contributed by atoms with van der Waals surface area (Å²) in [6.07, 6.45) is 2.40. The summed E-state index contributed by atoms with van der Waals surface area (Å²) >= 11 is 6.15. The monoisotopic (exact) mass is 486 g/mol. The van der Waals surface area contributed by atoms with E-state index in [1.165, 1.54) is 0 Å². The average molecular weight is 487 g/mol. The number of halogens is 1. The van der Waals surface area contributed by atoms with E-state index in [0.717, 1.165) is 16.8 Å². The van der Waals surface area contributed by atoms with Crippen molar-refractivity contribution in [3.05, 3.63) is 125 Å². The van der Waals surface area contributed by atoms with Crippen molar-refractivity contribution in [2.75, 3.05) is 13.7 Å². The number of nitrogens with zero attached hydrogens (tertiary/aromatic N) is 2. The Morgan fingerprint density at radius 3 is 2.46 bits per heavy atom. The van der Waals surface area contributed by atoms with Gasteiger partial charge in [0.2, 0.25) is 0 Å². The minimum Gasteiger partial charge on any atom is -0.493 e. The molecule has 0 bridgehead atoms. The molecule has 6 heteroatoms. The highest BCUT2D eigenvalue weighted by molar-refractivity contribution is 6.30. The van der Waals surface area contributed by atoms with E-state index in [0.29, 0.717) is 48.2 Å². The maximum absolute atomic E-state index is 13.4. The molecule has 1 aromatic heterocycles. The van der Waals surface area contributed by atoms with E-state index in [4.69, 9.17) is 21.1 Å². The molecule has 0 N–H and O–H groups in total. The van der Waals surface area contributed by atoms with Gasteiger partial charge in [0.15, 0.2) is 11.5 Å². The lowest BCUT2D eigenvalue weighted by atomic mass is 10.1. The molecule has 4 rings (SSSR count). The number of ether oxygens (including phenoxy) is 2. The van der Waals surface area contributed by atoms with Gasteiger partial charge in [0.1, 0.15) is 6.61 Å². The molecule has 0 fully saturated rings. The van der Waals surface area contributed by atoms with Crippen molar-refractivity contribution >= 4 is 17.5 Å². The molecule has 5 nitrogen and oxygen atoms in total. The molecular formula is C29H27ClN2O3. The summed E-state index contributed by atoms with van der Waals surface area (Å²) in [7, 11) is 1.62. The number of amides is 1. The highest BCUT2D eigenvalue weighted by Crippen LogP contribution is 2.29. The van der Waals surface area contributed by atoms with Crippen molar-refractivity contribution < 1.29 is 14.3 Å². The second-order valence-electron chi connectivity index (χ2n) is 8.07. The van der Waals surface area contributed by atoms with Crippen molar-refractivity contribution in [2.24, 2.45) is 0 Å². The third-order valence-corrected chi connectivity index (χ3v) is 5.80. The van der Waals surface area contributed by atoms with Crippen LogP contribution in [0.5, 0.6) is 11.5 Å². The first-order chi connectivity index (χ1) is 17.1. The van der Waals surface area contributed by atoms with Gasteiger partial charge in [-0.2, -0.15) is 0 Å². The Balaban J connectivity index is 1.52. The van der Waals surface area contributed by atoms with Crippen LogP contribution in [0.1, 0.15) is 27.2 Å². The van der Waals surface area contributed by atoms with Crippen LogP contribution in [0.25, 0.3) is 0 Å². The quantitative estimate of drug-likeness (QED) is 0.267.